The van der Waals surface area contributed by atoms with Crippen LogP contribution in [0.15, 0.2) is 6.20 Å². The minimum atomic E-state index is 0.675. The maximum Gasteiger partial charge on any atom is 0.127 e. The molecule has 0 aromatic carbocycles. The number of fused-ring (bicyclic) bond motifs is 3. The molecule has 0 bridgehead atoms. The predicted octanol–water partition coefficient (Wildman–Crippen LogP) is 2.35. The Morgan fingerprint density at radius 3 is 3.21 bits per heavy atom. The largest absolute Gasteiger partial charge is 0.370 e. The molecule has 1 aliphatic heterocycles. The summed E-state index contributed by atoms with van der Waals surface area (Å²) in [7, 11) is 0. The highest BCUT2D eigenvalue weighted by Crippen LogP contribution is 2.39. The first-order valence-corrected chi connectivity index (χ1v) is 5.64. The molecule has 0 saturated heterocycles. The van der Waals surface area contributed by atoms with Gasteiger partial charge in [0.05, 0.1) is 12.2 Å². The highest BCUT2D eigenvalue weighted by Gasteiger charge is 2.32. The lowest BCUT2D eigenvalue weighted by Gasteiger charge is -2.37. The Hall–Kier alpha value is -0.990. The van der Waals surface area contributed by atoms with Crippen LogP contribution >= 0.6 is 0 Å². The van der Waals surface area contributed by atoms with Crippen molar-refractivity contribution in [3.63, 3.8) is 0 Å². The fourth-order valence-electron chi connectivity index (χ4n) is 2.90. The summed E-state index contributed by atoms with van der Waals surface area (Å²) in [6.45, 7) is 3.28. The van der Waals surface area contributed by atoms with Crippen LogP contribution in [0.5, 0.6) is 0 Å². The molecule has 1 fully saturated rings. The summed E-state index contributed by atoms with van der Waals surface area (Å²) in [6.07, 6.45) is 7.45. The first-order chi connectivity index (χ1) is 6.86. The molecule has 0 spiro atoms. The second-order valence-electron chi connectivity index (χ2n) is 4.61. The van der Waals surface area contributed by atoms with E-state index in [-0.39, 0.29) is 0 Å². The Kier molecular flexibility index (Phi) is 1.79. The van der Waals surface area contributed by atoms with E-state index in [9.17, 15) is 0 Å². The lowest BCUT2D eigenvalue weighted by atomic mass is 9.83. The number of aryl methyl sites for hydroxylation is 1. The van der Waals surface area contributed by atoms with E-state index >= 15 is 0 Å². The maximum absolute atomic E-state index is 4.49. The fourth-order valence-corrected chi connectivity index (χ4v) is 2.90. The van der Waals surface area contributed by atoms with Gasteiger partial charge in [0.2, 0.25) is 0 Å². The Balaban J connectivity index is 1.99. The van der Waals surface area contributed by atoms with Crippen LogP contribution in [0.25, 0.3) is 0 Å². The molecule has 0 amide bonds. The molecule has 3 rings (SSSR count). The first kappa shape index (κ1) is 8.33. The monoisotopic (exact) mass is 191 g/mol. The quantitative estimate of drug-likeness (QED) is 0.682. The van der Waals surface area contributed by atoms with Gasteiger partial charge >= 0.3 is 0 Å². The molecule has 1 aromatic heterocycles. The van der Waals surface area contributed by atoms with Crippen molar-refractivity contribution in [2.24, 2.45) is 5.92 Å². The van der Waals surface area contributed by atoms with Crippen molar-refractivity contribution in [2.75, 3.05) is 11.9 Å². The average molecular weight is 191 g/mol. The van der Waals surface area contributed by atoms with Crippen LogP contribution < -0.4 is 5.32 Å². The Bertz CT molecular complexity index is 342. The molecule has 1 saturated carbocycles. The summed E-state index contributed by atoms with van der Waals surface area (Å²) in [5.41, 5.74) is 1.29. The second kappa shape index (κ2) is 3.01. The Labute approximate surface area is 84.5 Å². The van der Waals surface area contributed by atoms with Crippen molar-refractivity contribution < 1.29 is 0 Å². The smallest absolute Gasteiger partial charge is 0.127 e. The lowest BCUT2D eigenvalue weighted by molar-refractivity contribution is 0.222. The third-order valence-corrected chi connectivity index (χ3v) is 3.69. The van der Waals surface area contributed by atoms with Crippen molar-refractivity contribution in [3.8, 4) is 0 Å². The van der Waals surface area contributed by atoms with E-state index in [0.29, 0.717) is 6.04 Å². The summed E-state index contributed by atoms with van der Waals surface area (Å²) in [5.74, 6) is 2.07. The van der Waals surface area contributed by atoms with Crippen LogP contribution in [0.3, 0.4) is 0 Å². The molecule has 2 heterocycles. The number of nitrogens with one attached hydrogen (secondary N) is 1. The van der Waals surface area contributed by atoms with Crippen molar-refractivity contribution in [1.82, 2.24) is 9.78 Å². The van der Waals surface area contributed by atoms with E-state index in [2.05, 4.69) is 22.0 Å². The highest BCUT2D eigenvalue weighted by atomic mass is 15.4. The van der Waals surface area contributed by atoms with Gasteiger partial charge in [-0.25, -0.2) is 4.68 Å². The zero-order valence-corrected chi connectivity index (χ0v) is 8.66. The normalized spacial score (nSPS) is 30.4. The summed E-state index contributed by atoms with van der Waals surface area (Å²) < 4.78 is 2.22. The van der Waals surface area contributed by atoms with Gasteiger partial charge in [0.1, 0.15) is 5.82 Å². The molecule has 3 heteroatoms. The van der Waals surface area contributed by atoms with Gasteiger partial charge in [-0.15, -0.1) is 0 Å². The van der Waals surface area contributed by atoms with Crippen LogP contribution in [-0.4, -0.2) is 16.3 Å². The molecule has 3 nitrogen and oxygen atoms in total. The Morgan fingerprint density at radius 1 is 1.43 bits per heavy atom. The van der Waals surface area contributed by atoms with E-state index in [1.807, 2.05) is 6.20 Å². The first-order valence-electron chi connectivity index (χ1n) is 5.64. The molecule has 76 valence electrons. The molecule has 2 atom stereocenters. The van der Waals surface area contributed by atoms with Gasteiger partial charge < -0.3 is 5.32 Å². The Morgan fingerprint density at radius 2 is 2.29 bits per heavy atom. The summed E-state index contributed by atoms with van der Waals surface area (Å²) >= 11 is 0. The summed E-state index contributed by atoms with van der Waals surface area (Å²) in [5, 5.41) is 8.01. The zero-order chi connectivity index (χ0) is 9.54. The molecular formula is C11H17N3. The van der Waals surface area contributed by atoms with Gasteiger partial charge in [-0.05, 0) is 25.7 Å². The van der Waals surface area contributed by atoms with Gasteiger partial charge in [-0.2, -0.15) is 5.10 Å². The molecule has 14 heavy (non-hydrogen) atoms. The van der Waals surface area contributed by atoms with Crippen molar-refractivity contribution in [3.05, 3.63) is 11.8 Å². The van der Waals surface area contributed by atoms with Crippen LogP contribution in [0.2, 0.25) is 0 Å². The topological polar surface area (TPSA) is 29.9 Å². The highest BCUT2D eigenvalue weighted by molar-refractivity contribution is 5.45. The summed E-state index contributed by atoms with van der Waals surface area (Å²) in [4.78, 5) is 0. The molecular weight excluding hydrogens is 174 g/mol. The molecule has 1 N–H and O–H groups in total. The number of hydrogen-bond acceptors (Lipinski definition) is 2. The van der Waals surface area contributed by atoms with Crippen LogP contribution in [0.4, 0.5) is 5.82 Å². The van der Waals surface area contributed by atoms with Crippen molar-refractivity contribution >= 4 is 5.82 Å². The minimum Gasteiger partial charge on any atom is -0.370 e. The van der Waals surface area contributed by atoms with E-state index in [4.69, 9.17) is 0 Å². The number of nitrogens with zero attached hydrogens (tertiary/aromatic N) is 2. The third kappa shape index (κ3) is 1.08. The van der Waals surface area contributed by atoms with Crippen molar-refractivity contribution in [1.29, 1.82) is 0 Å². The molecule has 2 unspecified atom stereocenters. The number of rotatable bonds is 0. The van der Waals surface area contributed by atoms with Gasteiger partial charge in [-0.3, -0.25) is 0 Å². The van der Waals surface area contributed by atoms with E-state index < -0.39 is 0 Å². The SMILES string of the molecule is Cc1cnn2c1NCC1CCCCC12. The van der Waals surface area contributed by atoms with Crippen molar-refractivity contribution in [2.45, 2.75) is 38.6 Å². The van der Waals surface area contributed by atoms with E-state index in [1.165, 1.54) is 37.1 Å². The number of aromatic nitrogens is 2. The van der Waals surface area contributed by atoms with Crippen LogP contribution in [-0.2, 0) is 0 Å². The van der Waals surface area contributed by atoms with Gasteiger partial charge in [0.25, 0.3) is 0 Å². The van der Waals surface area contributed by atoms with E-state index in [0.717, 1.165) is 12.5 Å². The number of hydrogen-bond donors (Lipinski definition) is 1. The maximum atomic E-state index is 4.49. The number of anilines is 1. The lowest BCUT2D eigenvalue weighted by Crippen LogP contribution is -2.35. The molecule has 0 radical (unpaired) electrons. The molecule has 1 aromatic rings. The van der Waals surface area contributed by atoms with Crippen LogP contribution in [0, 0.1) is 12.8 Å². The molecule has 2 aliphatic rings. The van der Waals surface area contributed by atoms with Gasteiger partial charge in [-0.1, -0.05) is 12.8 Å². The standard InChI is InChI=1S/C11H17N3/c1-8-6-13-14-10-5-3-2-4-9(10)7-12-11(8)14/h6,9-10,12H,2-5,7H2,1H3. The van der Waals surface area contributed by atoms with Gasteiger partial charge in [0.15, 0.2) is 0 Å². The predicted molar refractivity (Wildman–Crippen MR) is 56.4 cm³/mol. The average Bonchev–Trinajstić information content (AvgIpc) is 2.61. The third-order valence-electron chi connectivity index (χ3n) is 3.69. The van der Waals surface area contributed by atoms with Crippen LogP contribution in [0.1, 0.15) is 37.3 Å². The van der Waals surface area contributed by atoms with E-state index in [1.54, 1.807) is 0 Å². The fraction of sp³-hybridized carbons (Fsp3) is 0.727. The summed E-state index contributed by atoms with van der Waals surface area (Å²) in [6, 6.07) is 0.675. The van der Waals surface area contributed by atoms with Gasteiger partial charge in [0, 0.05) is 12.1 Å². The second-order valence-corrected chi connectivity index (χ2v) is 4.61. The minimum absolute atomic E-state index is 0.675. The zero-order valence-electron chi connectivity index (χ0n) is 8.66. The molecule has 1 aliphatic carbocycles.